The Bertz CT molecular complexity index is 678. The van der Waals surface area contributed by atoms with E-state index < -0.39 is 0 Å². The van der Waals surface area contributed by atoms with Gasteiger partial charge in [-0.1, -0.05) is 6.07 Å². The number of aliphatic hydroxyl groups is 1. The minimum atomic E-state index is 0.0539. The summed E-state index contributed by atoms with van der Waals surface area (Å²) in [5.41, 5.74) is 1.48. The Kier molecular flexibility index (Phi) is 5.38. The number of rotatable bonds is 6. The standard InChI is InChI=1S/C18H22N4O2/c23-11-3-7-16-6-2-10-22(16)18(24)14-4-1-5-15(12-14)21-17-13-19-8-9-20-17/h1,4-5,8-9,12-13,16,23H,2-3,6-7,10-11H2,(H,20,21). The first-order valence-corrected chi connectivity index (χ1v) is 8.33. The molecule has 1 unspecified atom stereocenters. The number of hydrogen-bond acceptors (Lipinski definition) is 5. The van der Waals surface area contributed by atoms with Crippen molar-refractivity contribution in [1.29, 1.82) is 0 Å². The van der Waals surface area contributed by atoms with Gasteiger partial charge in [-0.25, -0.2) is 4.98 Å². The van der Waals surface area contributed by atoms with Crippen molar-refractivity contribution in [1.82, 2.24) is 14.9 Å². The van der Waals surface area contributed by atoms with E-state index in [2.05, 4.69) is 15.3 Å². The zero-order valence-electron chi connectivity index (χ0n) is 13.6. The first-order chi connectivity index (χ1) is 11.8. The van der Waals surface area contributed by atoms with Crippen molar-refractivity contribution in [2.24, 2.45) is 0 Å². The van der Waals surface area contributed by atoms with Gasteiger partial charge in [0.05, 0.1) is 6.20 Å². The lowest BCUT2D eigenvalue weighted by Crippen LogP contribution is -2.35. The molecule has 2 N–H and O–H groups in total. The van der Waals surface area contributed by atoms with Crippen molar-refractivity contribution in [2.75, 3.05) is 18.5 Å². The van der Waals surface area contributed by atoms with E-state index in [4.69, 9.17) is 5.11 Å². The number of likely N-dealkylation sites (tertiary alicyclic amines) is 1. The van der Waals surface area contributed by atoms with E-state index in [9.17, 15) is 4.79 Å². The summed E-state index contributed by atoms with van der Waals surface area (Å²) >= 11 is 0. The van der Waals surface area contributed by atoms with E-state index in [-0.39, 0.29) is 18.6 Å². The summed E-state index contributed by atoms with van der Waals surface area (Å²) in [6, 6.07) is 7.69. The SMILES string of the molecule is O=C(c1cccc(Nc2cnccn2)c1)N1CCCC1CCCO. The second-order valence-electron chi connectivity index (χ2n) is 5.96. The molecule has 3 rings (SSSR count). The molecule has 1 aromatic heterocycles. The number of nitrogens with one attached hydrogen (secondary N) is 1. The van der Waals surface area contributed by atoms with Crippen molar-refractivity contribution in [2.45, 2.75) is 31.7 Å². The number of hydrogen-bond donors (Lipinski definition) is 2. The third-order valence-corrected chi connectivity index (χ3v) is 4.28. The van der Waals surface area contributed by atoms with Crippen LogP contribution >= 0.6 is 0 Å². The number of carbonyl (C=O) groups excluding carboxylic acids is 1. The van der Waals surface area contributed by atoms with Gasteiger partial charge in [-0.05, 0) is 43.9 Å². The summed E-state index contributed by atoms with van der Waals surface area (Å²) in [6.07, 6.45) is 8.52. The van der Waals surface area contributed by atoms with Crippen LogP contribution in [0.4, 0.5) is 11.5 Å². The molecular formula is C18H22N4O2. The van der Waals surface area contributed by atoms with Gasteiger partial charge in [0.25, 0.3) is 5.91 Å². The lowest BCUT2D eigenvalue weighted by Gasteiger charge is -2.25. The lowest BCUT2D eigenvalue weighted by atomic mass is 10.1. The van der Waals surface area contributed by atoms with Crippen molar-refractivity contribution in [3.63, 3.8) is 0 Å². The van der Waals surface area contributed by atoms with E-state index in [0.717, 1.165) is 37.9 Å². The van der Waals surface area contributed by atoms with Gasteiger partial charge in [-0.2, -0.15) is 0 Å². The highest BCUT2D eigenvalue weighted by atomic mass is 16.3. The second kappa shape index (κ2) is 7.88. The van der Waals surface area contributed by atoms with E-state index in [0.29, 0.717) is 11.4 Å². The van der Waals surface area contributed by atoms with E-state index in [1.54, 1.807) is 18.6 Å². The number of aliphatic hydroxyl groups excluding tert-OH is 1. The molecule has 2 aromatic rings. The monoisotopic (exact) mass is 326 g/mol. The van der Waals surface area contributed by atoms with Gasteiger partial charge >= 0.3 is 0 Å². The second-order valence-corrected chi connectivity index (χ2v) is 5.96. The molecule has 0 saturated carbocycles. The Hall–Kier alpha value is -2.47. The molecule has 1 saturated heterocycles. The maximum Gasteiger partial charge on any atom is 0.254 e. The van der Waals surface area contributed by atoms with Gasteiger partial charge in [0, 0.05) is 42.8 Å². The highest BCUT2D eigenvalue weighted by Gasteiger charge is 2.28. The topological polar surface area (TPSA) is 78.4 Å². The van der Waals surface area contributed by atoms with Crippen molar-refractivity contribution < 1.29 is 9.90 Å². The maximum absolute atomic E-state index is 12.8. The first kappa shape index (κ1) is 16.4. The van der Waals surface area contributed by atoms with Crippen LogP contribution in [0.3, 0.4) is 0 Å². The van der Waals surface area contributed by atoms with Crippen LogP contribution in [0.2, 0.25) is 0 Å². The largest absolute Gasteiger partial charge is 0.396 e. The van der Waals surface area contributed by atoms with Crippen molar-refractivity contribution in [3.05, 3.63) is 48.4 Å². The van der Waals surface area contributed by atoms with Crippen LogP contribution < -0.4 is 5.32 Å². The number of aromatic nitrogens is 2. The minimum absolute atomic E-state index is 0.0539. The quantitative estimate of drug-likeness (QED) is 0.853. The molecule has 0 aliphatic carbocycles. The molecule has 1 amide bonds. The Labute approximate surface area is 141 Å². The Morgan fingerprint density at radius 3 is 3.08 bits per heavy atom. The number of anilines is 2. The molecule has 1 aromatic carbocycles. The van der Waals surface area contributed by atoms with Crippen molar-refractivity contribution in [3.8, 4) is 0 Å². The van der Waals surface area contributed by atoms with E-state index >= 15 is 0 Å². The van der Waals surface area contributed by atoms with Crippen LogP contribution in [0.25, 0.3) is 0 Å². The third-order valence-electron chi connectivity index (χ3n) is 4.28. The lowest BCUT2D eigenvalue weighted by molar-refractivity contribution is 0.0724. The van der Waals surface area contributed by atoms with Gasteiger partial charge in [-0.3, -0.25) is 9.78 Å². The fourth-order valence-corrected chi connectivity index (χ4v) is 3.14. The average Bonchev–Trinajstić information content (AvgIpc) is 3.09. The van der Waals surface area contributed by atoms with Gasteiger partial charge in [-0.15, -0.1) is 0 Å². The van der Waals surface area contributed by atoms with Crippen LogP contribution in [0.1, 0.15) is 36.0 Å². The van der Waals surface area contributed by atoms with Gasteiger partial charge < -0.3 is 15.3 Å². The molecule has 1 fully saturated rings. The van der Waals surface area contributed by atoms with Crippen molar-refractivity contribution >= 4 is 17.4 Å². The predicted octanol–water partition coefficient (Wildman–Crippen LogP) is 2.60. The average molecular weight is 326 g/mol. The Balaban J connectivity index is 1.72. The fourth-order valence-electron chi connectivity index (χ4n) is 3.14. The summed E-state index contributed by atoms with van der Waals surface area (Å²) in [4.78, 5) is 23.0. The first-order valence-electron chi connectivity index (χ1n) is 8.33. The highest BCUT2D eigenvalue weighted by Crippen LogP contribution is 2.24. The predicted molar refractivity (Wildman–Crippen MR) is 92.1 cm³/mol. The number of nitrogens with zero attached hydrogens (tertiary/aromatic N) is 3. The van der Waals surface area contributed by atoms with Crippen LogP contribution in [-0.4, -0.2) is 45.1 Å². The van der Waals surface area contributed by atoms with E-state index in [1.807, 2.05) is 29.2 Å². The molecular weight excluding hydrogens is 304 g/mol. The summed E-state index contributed by atoms with van der Waals surface area (Å²) < 4.78 is 0. The normalized spacial score (nSPS) is 17.0. The highest BCUT2D eigenvalue weighted by molar-refractivity contribution is 5.95. The van der Waals surface area contributed by atoms with Crippen LogP contribution in [0, 0.1) is 0 Å². The molecule has 24 heavy (non-hydrogen) atoms. The molecule has 2 heterocycles. The number of amides is 1. The molecule has 0 bridgehead atoms. The van der Waals surface area contributed by atoms with Crippen LogP contribution in [-0.2, 0) is 0 Å². The summed E-state index contributed by atoms with van der Waals surface area (Å²) in [7, 11) is 0. The molecule has 6 nitrogen and oxygen atoms in total. The molecule has 0 radical (unpaired) electrons. The number of benzene rings is 1. The Morgan fingerprint density at radius 1 is 1.38 bits per heavy atom. The molecule has 1 aliphatic heterocycles. The van der Waals surface area contributed by atoms with Gasteiger partial charge in [0.15, 0.2) is 0 Å². The number of carbonyl (C=O) groups is 1. The smallest absolute Gasteiger partial charge is 0.254 e. The van der Waals surface area contributed by atoms with E-state index in [1.165, 1.54) is 0 Å². The third kappa shape index (κ3) is 3.89. The maximum atomic E-state index is 12.8. The van der Waals surface area contributed by atoms with Gasteiger partial charge in [0.1, 0.15) is 5.82 Å². The fraction of sp³-hybridized carbons (Fsp3) is 0.389. The zero-order valence-corrected chi connectivity index (χ0v) is 13.6. The van der Waals surface area contributed by atoms with Gasteiger partial charge in [0.2, 0.25) is 0 Å². The summed E-state index contributed by atoms with van der Waals surface area (Å²) in [6.45, 7) is 0.965. The summed E-state index contributed by atoms with van der Waals surface area (Å²) in [5, 5.41) is 12.2. The molecule has 0 spiro atoms. The minimum Gasteiger partial charge on any atom is -0.396 e. The van der Waals surface area contributed by atoms with Crippen LogP contribution in [0.15, 0.2) is 42.9 Å². The molecule has 126 valence electrons. The zero-order chi connectivity index (χ0) is 16.8. The molecule has 6 heteroatoms. The Morgan fingerprint density at radius 2 is 2.29 bits per heavy atom. The summed E-state index contributed by atoms with van der Waals surface area (Å²) in [5.74, 6) is 0.697. The molecule has 1 atom stereocenters. The molecule has 1 aliphatic rings. The van der Waals surface area contributed by atoms with Crippen LogP contribution in [0.5, 0.6) is 0 Å².